The normalized spacial score (nSPS) is 17.8. The molecule has 110 valence electrons. The molecule has 0 atom stereocenters. The van der Waals surface area contributed by atoms with Crippen molar-refractivity contribution in [1.29, 1.82) is 0 Å². The molecule has 2 rings (SSSR count). The van der Waals surface area contributed by atoms with Crippen LogP contribution < -0.4 is 5.32 Å². The van der Waals surface area contributed by atoms with E-state index in [1.54, 1.807) is 18.2 Å². The SMILES string of the molecule is O=C(NCC1(CBr)CCCCC1)c1ccc(Cl)c(Br)c1. The lowest BCUT2D eigenvalue weighted by Crippen LogP contribution is -2.40. The lowest BCUT2D eigenvalue weighted by Gasteiger charge is -2.35. The lowest BCUT2D eigenvalue weighted by atomic mass is 9.75. The third-order valence-corrected chi connectivity index (χ3v) is 6.41. The van der Waals surface area contributed by atoms with Crippen molar-refractivity contribution >= 4 is 49.4 Å². The van der Waals surface area contributed by atoms with E-state index in [9.17, 15) is 4.79 Å². The van der Waals surface area contributed by atoms with Gasteiger partial charge in [-0.2, -0.15) is 0 Å². The van der Waals surface area contributed by atoms with Crippen LogP contribution in [0.5, 0.6) is 0 Å². The Morgan fingerprint density at radius 2 is 2.00 bits per heavy atom. The Morgan fingerprint density at radius 1 is 1.30 bits per heavy atom. The lowest BCUT2D eigenvalue weighted by molar-refractivity contribution is 0.0922. The predicted molar refractivity (Wildman–Crippen MR) is 90.8 cm³/mol. The van der Waals surface area contributed by atoms with E-state index in [1.165, 1.54) is 32.1 Å². The molecule has 1 amide bonds. The summed E-state index contributed by atoms with van der Waals surface area (Å²) in [7, 11) is 0. The average molecular weight is 424 g/mol. The number of carbonyl (C=O) groups is 1. The Balaban J connectivity index is 1.98. The third kappa shape index (κ3) is 3.99. The maximum atomic E-state index is 12.2. The van der Waals surface area contributed by atoms with Gasteiger partial charge < -0.3 is 5.32 Å². The van der Waals surface area contributed by atoms with Gasteiger partial charge in [0, 0.05) is 21.9 Å². The van der Waals surface area contributed by atoms with E-state index in [2.05, 4.69) is 37.2 Å². The van der Waals surface area contributed by atoms with E-state index < -0.39 is 0 Å². The van der Waals surface area contributed by atoms with Gasteiger partial charge in [-0.3, -0.25) is 4.79 Å². The smallest absolute Gasteiger partial charge is 0.251 e. The fourth-order valence-electron chi connectivity index (χ4n) is 2.67. The van der Waals surface area contributed by atoms with Crippen molar-refractivity contribution in [3.63, 3.8) is 0 Å². The number of hydrogen-bond acceptors (Lipinski definition) is 1. The number of nitrogens with one attached hydrogen (secondary N) is 1. The zero-order valence-corrected chi connectivity index (χ0v) is 15.2. The quantitative estimate of drug-likeness (QED) is 0.665. The van der Waals surface area contributed by atoms with Crippen molar-refractivity contribution in [2.45, 2.75) is 32.1 Å². The topological polar surface area (TPSA) is 29.1 Å². The van der Waals surface area contributed by atoms with Gasteiger partial charge >= 0.3 is 0 Å². The van der Waals surface area contributed by atoms with Gasteiger partial charge in [-0.15, -0.1) is 0 Å². The molecule has 1 aliphatic carbocycles. The molecule has 5 heteroatoms. The van der Waals surface area contributed by atoms with Crippen LogP contribution in [0, 0.1) is 5.41 Å². The number of carbonyl (C=O) groups excluding carboxylic acids is 1. The summed E-state index contributed by atoms with van der Waals surface area (Å²) in [6.45, 7) is 0.733. The molecule has 0 saturated heterocycles. The van der Waals surface area contributed by atoms with Crippen molar-refractivity contribution in [3.05, 3.63) is 33.3 Å². The fourth-order valence-corrected chi connectivity index (χ4v) is 3.92. The van der Waals surface area contributed by atoms with Crippen molar-refractivity contribution in [1.82, 2.24) is 5.32 Å². The first kappa shape index (κ1) is 16.3. The van der Waals surface area contributed by atoms with Crippen LogP contribution in [-0.4, -0.2) is 17.8 Å². The molecular formula is C15H18Br2ClNO. The summed E-state index contributed by atoms with van der Waals surface area (Å²) in [6, 6.07) is 5.25. The molecule has 1 aromatic carbocycles. The summed E-state index contributed by atoms with van der Waals surface area (Å²) in [5.74, 6) is -0.0340. The van der Waals surface area contributed by atoms with Crippen molar-refractivity contribution in [2.24, 2.45) is 5.41 Å². The number of benzene rings is 1. The molecule has 1 aliphatic rings. The Bertz CT molecular complexity index is 487. The van der Waals surface area contributed by atoms with Crippen LogP contribution in [0.4, 0.5) is 0 Å². The minimum absolute atomic E-state index is 0.0340. The van der Waals surface area contributed by atoms with Gasteiger partial charge in [0.25, 0.3) is 5.91 Å². The molecule has 0 bridgehead atoms. The van der Waals surface area contributed by atoms with Crippen LogP contribution in [0.15, 0.2) is 22.7 Å². The Morgan fingerprint density at radius 3 is 2.60 bits per heavy atom. The van der Waals surface area contributed by atoms with Gasteiger partial charge in [-0.05, 0) is 52.4 Å². The summed E-state index contributed by atoms with van der Waals surface area (Å²) in [6.07, 6.45) is 6.19. The highest BCUT2D eigenvalue weighted by Crippen LogP contribution is 2.37. The third-order valence-electron chi connectivity index (χ3n) is 4.00. The molecule has 2 nitrogen and oxygen atoms in total. The first-order valence-electron chi connectivity index (χ1n) is 6.86. The van der Waals surface area contributed by atoms with Gasteiger partial charge in [-0.1, -0.05) is 46.8 Å². The summed E-state index contributed by atoms with van der Waals surface area (Å²) in [5.41, 5.74) is 0.860. The van der Waals surface area contributed by atoms with E-state index in [0.717, 1.165) is 16.3 Å². The zero-order valence-electron chi connectivity index (χ0n) is 11.2. The minimum atomic E-state index is -0.0340. The number of hydrogen-bond donors (Lipinski definition) is 1. The molecule has 1 saturated carbocycles. The molecule has 0 aliphatic heterocycles. The second-order valence-corrected chi connectivity index (χ2v) is 7.33. The molecular weight excluding hydrogens is 405 g/mol. The molecule has 0 heterocycles. The summed E-state index contributed by atoms with van der Waals surface area (Å²) in [4.78, 5) is 12.2. The van der Waals surface area contributed by atoms with Gasteiger partial charge in [0.15, 0.2) is 0 Å². The molecule has 1 aromatic rings. The maximum Gasteiger partial charge on any atom is 0.251 e. The Hall–Kier alpha value is -0.0600. The molecule has 1 N–H and O–H groups in total. The molecule has 1 fully saturated rings. The standard InChI is InChI=1S/C15H18Br2ClNO/c16-9-15(6-2-1-3-7-15)10-19-14(20)11-4-5-13(18)12(17)8-11/h4-5,8H,1-3,6-7,9-10H2,(H,19,20). The Kier molecular flexibility index (Phi) is 5.94. The van der Waals surface area contributed by atoms with Crippen LogP contribution in [0.2, 0.25) is 5.02 Å². The predicted octanol–water partition coefficient (Wildman–Crippen LogP) is 5.18. The number of amides is 1. The molecule has 0 radical (unpaired) electrons. The van der Waals surface area contributed by atoms with E-state index in [1.807, 2.05) is 0 Å². The van der Waals surface area contributed by atoms with Gasteiger partial charge in [-0.25, -0.2) is 0 Å². The zero-order chi connectivity index (χ0) is 14.6. The van der Waals surface area contributed by atoms with E-state index >= 15 is 0 Å². The molecule has 0 aromatic heterocycles. The van der Waals surface area contributed by atoms with Crippen molar-refractivity contribution in [2.75, 3.05) is 11.9 Å². The van der Waals surface area contributed by atoms with Gasteiger partial charge in [0.2, 0.25) is 0 Å². The van der Waals surface area contributed by atoms with E-state index in [0.29, 0.717) is 10.6 Å². The summed E-state index contributed by atoms with van der Waals surface area (Å²) < 4.78 is 0.750. The van der Waals surface area contributed by atoms with Crippen LogP contribution in [0.3, 0.4) is 0 Å². The highest BCUT2D eigenvalue weighted by molar-refractivity contribution is 9.10. The molecule has 0 spiro atoms. The first-order chi connectivity index (χ1) is 9.56. The summed E-state index contributed by atoms with van der Waals surface area (Å²) in [5, 5.41) is 4.64. The average Bonchev–Trinajstić information content (AvgIpc) is 2.48. The van der Waals surface area contributed by atoms with Gasteiger partial charge in [0.1, 0.15) is 0 Å². The van der Waals surface area contributed by atoms with E-state index in [-0.39, 0.29) is 11.3 Å². The van der Waals surface area contributed by atoms with E-state index in [4.69, 9.17) is 11.6 Å². The molecule has 0 unspecified atom stereocenters. The monoisotopic (exact) mass is 421 g/mol. The molecule has 20 heavy (non-hydrogen) atoms. The second kappa shape index (κ2) is 7.28. The van der Waals surface area contributed by atoms with Crippen LogP contribution in [-0.2, 0) is 0 Å². The van der Waals surface area contributed by atoms with Gasteiger partial charge in [0.05, 0.1) is 5.02 Å². The highest BCUT2D eigenvalue weighted by atomic mass is 79.9. The largest absolute Gasteiger partial charge is 0.351 e. The van der Waals surface area contributed by atoms with Crippen molar-refractivity contribution in [3.8, 4) is 0 Å². The van der Waals surface area contributed by atoms with Crippen LogP contribution in [0.1, 0.15) is 42.5 Å². The second-order valence-electron chi connectivity index (χ2n) is 5.51. The fraction of sp³-hybridized carbons (Fsp3) is 0.533. The maximum absolute atomic E-state index is 12.2. The van der Waals surface area contributed by atoms with Crippen molar-refractivity contribution < 1.29 is 4.79 Å². The minimum Gasteiger partial charge on any atom is -0.351 e. The number of alkyl halides is 1. The number of halogens is 3. The van der Waals surface area contributed by atoms with Crippen LogP contribution in [0.25, 0.3) is 0 Å². The van der Waals surface area contributed by atoms with Crippen LogP contribution >= 0.6 is 43.5 Å². The summed E-state index contributed by atoms with van der Waals surface area (Å²) >= 11 is 12.9. The highest BCUT2D eigenvalue weighted by Gasteiger charge is 2.31. The first-order valence-corrected chi connectivity index (χ1v) is 9.15. The Labute approximate surface area is 141 Å². The number of rotatable bonds is 4.